The highest BCUT2D eigenvalue weighted by Gasteiger charge is 2.49. The summed E-state index contributed by atoms with van der Waals surface area (Å²) in [5, 5.41) is 11.3. The highest BCUT2D eigenvalue weighted by atomic mass is 16.6. The minimum atomic E-state index is -0.547. The maximum Gasteiger partial charge on any atom is 0.278 e. The summed E-state index contributed by atoms with van der Waals surface area (Å²) >= 11 is 0. The minimum Gasteiger partial charge on any atom is -0.366 e. The highest BCUT2D eigenvalue weighted by molar-refractivity contribution is 5.93. The van der Waals surface area contributed by atoms with E-state index in [1.807, 2.05) is 0 Å². The number of fused-ring (bicyclic) bond motifs is 2. The van der Waals surface area contributed by atoms with Crippen LogP contribution in [0, 0.1) is 16.5 Å². The van der Waals surface area contributed by atoms with Crippen LogP contribution in [-0.4, -0.2) is 34.4 Å². The second kappa shape index (κ2) is 5.35. The number of carbonyl (C=O) groups excluding carboxylic acids is 1. The smallest absolute Gasteiger partial charge is 0.278 e. The molecule has 117 valence electrons. The van der Waals surface area contributed by atoms with Crippen molar-refractivity contribution in [3.8, 4) is 0 Å². The van der Waals surface area contributed by atoms with Gasteiger partial charge in [0.25, 0.3) is 5.69 Å². The van der Waals surface area contributed by atoms with Gasteiger partial charge in [0.05, 0.1) is 29.6 Å². The molecule has 6 nitrogen and oxygen atoms in total. The Balaban J connectivity index is 1.98. The van der Waals surface area contributed by atoms with Crippen molar-refractivity contribution in [2.24, 2.45) is 5.73 Å². The number of nitrogens with zero attached hydrogens (tertiary/aromatic N) is 2. The summed E-state index contributed by atoms with van der Waals surface area (Å²) in [5.74, 6) is -0.547. The number of nitrogens with two attached hydrogens (primary N) is 1. The van der Waals surface area contributed by atoms with E-state index in [4.69, 9.17) is 5.73 Å². The zero-order valence-corrected chi connectivity index (χ0v) is 12.7. The van der Waals surface area contributed by atoms with Gasteiger partial charge < -0.3 is 10.2 Å². The normalized spacial score (nSPS) is 30.2. The van der Waals surface area contributed by atoms with Crippen molar-refractivity contribution in [3.05, 3.63) is 45.9 Å². The Bertz CT molecular complexity index is 613. The van der Waals surface area contributed by atoms with Gasteiger partial charge in [-0.25, -0.2) is 0 Å². The third kappa shape index (κ3) is 2.37. The Morgan fingerprint density at radius 1 is 1.36 bits per heavy atom. The van der Waals surface area contributed by atoms with E-state index in [9.17, 15) is 14.9 Å². The first-order valence-corrected chi connectivity index (χ1v) is 7.65. The fourth-order valence-electron chi connectivity index (χ4n) is 4.14. The summed E-state index contributed by atoms with van der Waals surface area (Å²) in [5.41, 5.74) is 6.35. The molecular weight excluding hydrogens is 282 g/mol. The van der Waals surface area contributed by atoms with Gasteiger partial charge in [-0.1, -0.05) is 0 Å². The molecule has 2 unspecified atom stereocenters. The second-order valence-electron chi connectivity index (χ2n) is 6.61. The lowest BCUT2D eigenvalue weighted by Gasteiger charge is -2.44. The lowest BCUT2D eigenvalue weighted by molar-refractivity contribution is -0.959. The Kier molecular flexibility index (Phi) is 3.64. The van der Waals surface area contributed by atoms with Crippen molar-refractivity contribution >= 4 is 11.6 Å². The quantitative estimate of drug-likeness (QED) is 0.525. The van der Waals surface area contributed by atoms with Crippen LogP contribution < -0.4 is 5.73 Å². The van der Waals surface area contributed by atoms with Gasteiger partial charge in [0.1, 0.15) is 6.54 Å². The molecule has 1 amide bonds. The van der Waals surface area contributed by atoms with Gasteiger partial charge in [-0.05, 0) is 18.6 Å². The van der Waals surface area contributed by atoms with Crippen molar-refractivity contribution < 1.29 is 14.2 Å². The molecule has 0 aliphatic carbocycles. The number of hydrogen-bond acceptors (Lipinski definition) is 3. The van der Waals surface area contributed by atoms with Crippen LogP contribution in [0.25, 0.3) is 0 Å². The summed E-state index contributed by atoms with van der Waals surface area (Å²) in [4.78, 5) is 22.3. The van der Waals surface area contributed by atoms with Gasteiger partial charge in [-0.15, -0.1) is 0 Å². The molecule has 0 saturated carbocycles. The van der Waals surface area contributed by atoms with Gasteiger partial charge in [-0.2, -0.15) is 0 Å². The molecule has 2 heterocycles. The van der Waals surface area contributed by atoms with Crippen LogP contribution in [0.4, 0.5) is 5.69 Å². The number of carbonyl (C=O) groups is 1. The molecule has 2 bridgehead atoms. The molecule has 3 rings (SSSR count). The number of piperidine rings is 1. The summed E-state index contributed by atoms with van der Waals surface area (Å²) < 4.78 is 0.833. The molecule has 6 heteroatoms. The fourth-order valence-corrected chi connectivity index (χ4v) is 4.14. The van der Waals surface area contributed by atoms with Crippen LogP contribution in [-0.2, 0) is 6.54 Å². The number of amides is 1. The Hall–Kier alpha value is -1.95. The molecule has 0 spiro atoms. The number of benzene rings is 1. The first kappa shape index (κ1) is 15.0. The van der Waals surface area contributed by atoms with Crippen LogP contribution in [0.5, 0.6) is 0 Å². The molecule has 2 fully saturated rings. The predicted molar refractivity (Wildman–Crippen MR) is 81.8 cm³/mol. The first-order chi connectivity index (χ1) is 10.4. The van der Waals surface area contributed by atoms with E-state index in [1.165, 1.54) is 25.0 Å². The second-order valence-corrected chi connectivity index (χ2v) is 6.61. The minimum absolute atomic E-state index is 0.0818. The van der Waals surface area contributed by atoms with Gasteiger partial charge in [0.2, 0.25) is 5.91 Å². The topological polar surface area (TPSA) is 86.2 Å². The van der Waals surface area contributed by atoms with E-state index in [-0.39, 0.29) is 10.6 Å². The zero-order chi connectivity index (χ0) is 15.9. The van der Waals surface area contributed by atoms with Crippen molar-refractivity contribution in [1.29, 1.82) is 0 Å². The Morgan fingerprint density at radius 3 is 2.55 bits per heavy atom. The first-order valence-electron chi connectivity index (χ1n) is 7.65. The average molecular weight is 303 g/mol. The molecule has 2 saturated heterocycles. The molecule has 1 radical (unpaired) electrons. The Labute approximate surface area is 129 Å². The number of rotatable bonds is 4. The maximum absolute atomic E-state index is 11.4. The van der Waals surface area contributed by atoms with Gasteiger partial charge in [0, 0.05) is 37.3 Å². The molecule has 2 aliphatic rings. The summed E-state index contributed by atoms with van der Waals surface area (Å²) in [6.45, 7) is 0.584. The van der Waals surface area contributed by atoms with Crippen LogP contribution in [0.1, 0.15) is 41.6 Å². The van der Waals surface area contributed by atoms with Gasteiger partial charge in [0.15, 0.2) is 0 Å². The standard InChI is InChI=1S/C16H20N3O3/c1-19(13-3-2-4-14(19)7-6-13)10-12-9-11(16(17)20)5-8-15(12)18(21)22/h2,5,8-9,13-14H,3-4,6-7,10H2,1H3,(H-,17,20)/p+1. The van der Waals surface area contributed by atoms with Crippen LogP contribution in [0.2, 0.25) is 0 Å². The van der Waals surface area contributed by atoms with Crippen molar-refractivity contribution in [2.75, 3.05) is 7.05 Å². The monoisotopic (exact) mass is 303 g/mol. The predicted octanol–water partition coefficient (Wildman–Crippen LogP) is 2.17. The summed E-state index contributed by atoms with van der Waals surface area (Å²) in [6, 6.07) is 5.48. The number of nitro groups is 1. The molecule has 1 aromatic rings. The maximum atomic E-state index is 11.4. The molecule has 2 aliphatic heterocycles. The van der Waals surface area contributed by atoms with E-state index < -0.39 is 5.91 Å². The largest absolute Gasteiger partial charge is 0.366 e. The van der Waals surface area contributed by atoms with Crippen LogP contribution >= 0.6 is 0 Å². The lowest BCUT2D eigenvalue weighted by Crippen LogP contribution is -2.55. The highest BCUT2D eigenvalue weighted by Crippen LogP contribution is 2.43. The summed E-state index contributed by atoms with van der Waals surface area (Å²) in [7, 11) is 2.19. The van der Waals surface area contributed by atoms with Crippen molar-refractivity contribution in [1.82, 2.24) is 0 Å². The third-order valence-corrected chi connectivity index (χ3v) is 5.45. The average Bonchev–Trinajstić information content (AvgIpc) is 2.67. The molecule has 0 aromatic heterocycles. The number of hydrogen-bond donors (Lipinski definition) is 1. The van der Waals surface area contributed by atoms with E-state index in [1.54, 1.807) is 6.07 Å². The third-order valence-electron chi connectivity index (χ3n) is 5.45. The molecule has 2 N–H and O–H groups in total. The molecular formula is C16H21N3O3+. The van der Waals surface area contributed by atoms with Gasteiger partial charge >= 0.3 is 0 Å². The number of quaternary nitrogens is 1. The number of primary amides is 1. The molecule has 2 atom stereocenters. The van der Waals surface area contributed by atoms with Crippen molar-refractivity contribution in [3.63, 3.8) is 0 Å². The summed E-state index contributed by atoms with van der Waals surface area (Å²) in [6.07, 6.45) is 6.81. The van der Waals surface area contributed by atoms with Crippen molar-refractivity contribution in [2.45, 2.75) is 44.3 Å². The molecule has 1 aromatic carbocycles. The van der Waals surface area contributed by atoms with E-state index in [0.717, 1.165) is 17.3 Å². The van der Waals surface area contributed by atoms with E-state index in [0.29, 0.717) is 29.8 Å². The zero-order valence-electron chi connectivity index (χ0n) is 12.7. The lowest BCUT2D eigenvalue weighted by atomic mass is 9.97. The van der Waals surface area contributed by atoms with E-state index >= 15 is 0 Å². The number of nitro benzene ring substituents is 1. The molecule has 22 heavy (non-hydrogen) atoms. The fraction of sp³-hybridized carbons (Fsp3) is 0.500. The SMILES string of the molecule is C[N+]1(Cc2cc(C(N)=O)ccc2[N+](=O)[O-])C2C[CH]CC1CC2. The Morgan fingerprint density at radius 2 is 2.00 bits per heavy atom. The van der Waals surface area contributed by atoms with Gasteiger partial charge in [-0.3, -0.25) is 14.9 Å². The van der Waals surface area contributed by atoms with Crippen LogP contribution in [0.3, 0.4) is 0 Å². The van der Waals surface area contributed by atoms with E-state index in [2.05, 4.69) is 13.5 Å². The van der Waals surface area contributed by atoms with Crippen LogP contribution in [0.15, 0.2) is 18.2 Å².